The standard InChI is InChI=1S/C21H33N3O3S.C2HF3O2/c1-17(2)18-8-10-20(11-9-18)28(26,27)24(19-6-4-3-5-7-19)16-21(25)23-14-12-22-13-15-23;3-2(4,5)1(6)7/h8-11,17,19,22H,3-7,12-16H2,1-2H3;(H,6,7). The van der Waals surface area contributed by atoms with Crippen molar-refractivity contribution < 1.29 is 36.3 Å². The second-order valence-electron chi connectivity index (χ2n) is 9.00. The average Bonchev–Trinajstić information content (AvgIpc) is 2.83. The lowest BCUT2D eigenvalue weighted by molar-refractivity contribution is -0.192. The predicted molar refractivity (Wildman–Crippen MR) is 124 cm³/mol. The molecule has 0 atom stereocenters. The van der Waals surface area contributed by atoms with Crippen molar-refractivity contribution in [3.05, 3.63) is 29.8 Å². The van der Waals surface area contributed by atoms with Gasteiger partial charge in [-0.05, 0) is 36.5 Å². The molecule has 1 heterocycles. The number of alkyl halides is 3. The topological polar surface area (TPSA) is 107 Å². The van der Waals surface area contributed by atoms with Gasteiger partial charge in [0.25, 0.3) is 0 Å². The molecule has 0 aromatic heterocycles. The maximum absolute atomic E-state index is 13.5. The number of rotatable bonds is 6. The molecule has 3 rings (SSSR count). The summed E-state index contributed by atoms with van der Waals surface area (Å²) in [7, 11) is -3.71. The number of nitrogens with zero attached hydrogens (tertiary/aromatic N) is 2. The summed E-state index contributed by atoms with van der Waals surface area (Å²) < 4.78 is 60.2. The Morgan fingerprint density at radius 1 is 1.09 bits per heavy atom. The van der Waals surface area contributed by atoms with Gasteiger partial charge in [-0.3, -0.25) is 4.79 Å². The molecule has 2 aliphatic rings. The number of carboxylic acids is 1. The third-order valence-corrected chi connectivity index (χ3v) is 8.05. The highest BCUT2D eigenvalue weighted by Crippen LogP contribution is 2.28. The summed E-state index contributed by atoms with van der Waals surface area (Å²) in [6, 6.07) is 7.06. The molecule has 198 valence electrons. The molecule has 0 radical (unpaired) electrons. The molecule has 1 saturated heterocycles. The first-order chi connectivity index (χ1) is 16.3. The Balaban J connectivity index is 0.000000540. The zero-order chi connectivity index (χ0) is 26.2. The van der Waals surface area contributed by atoms with Crippen molar-refractivity contribution in [1.82, 2.24) is 14.5 Å². The molecule has 1 aliphatic carbocycles. The number of nitrogens with one attached hydrogen (secondary N) is 1. The highest BCUT2D eigenvalue weighted by Gasteiger charge is 2.38. The molecular formula is C23H34F3N3O5S. The first-order valence-corrected chi connectivity index (χ1v) is 13.2. The predicted octanol–water partition coefficient (Wildman–Crippen LogP) is 3.20. The number of hydrogen-bond donors (Lipinski definition) is 2. The van der Waals surface area contributed by atoms with Crippen LogP contribution in [0.5, 0.6) is 0 Å². The van der Waals surface area contributed by atoms with E-state index in [1.165, 1.54) is 4.31 Å². The van der Waals surface area contributed by atoms with Crippen LogP contribution < -0.4 is 5.32 Å². The minimum absolute atomic E-state index is 0.0566. The van der Waals surface area contributed by atoms with Gasteiger partial charge >= 0.3 is 12.1 Å². The van der Waals surface area contributed by atoms with E-state index in [0.717, 1.165) is 50.8 Å². The first-order valence-electron chi connectivity index (χ1n) is 11.7. The van der Waals surface area contributed by atoms with Crippen LogP contribution in [0.3, 0.4) is 0 Å². The van der Waals surface area contributed by atoms with Gasteiger partial charge in [0.2, 0.25) is 15.9 Å². The summed E-state index contributed by atoms with van der Waals surface area (Å²) >= 11 is 0. The first kappa shape index (κ1) is 29.1. The van der Waals surface area contributed by atoms with Gasteiger partial charge in [0.1, 0.15) is 0 Å². The largest absolute Gasteiger partial charge is 0.490 e. The van der Waals surface area contributed by atoms with Crippen molar-refractivity contribution >= 4 is 21.9 Å². The van der Waals surface area contributed by atoms with Crippen LogP contribution in [0.25, 0.3) is 0 Å². The molecule has 12 heteroatoms. The monoisotopic (exact) mass is 521 g/mol. The van der Waals surface area contributed by atoms with E-state index in [2.05, 4.69) is 19.2 Å². The van der Waals surface area contributed by atoms with Gasteiger partial charge in [0.05, 0.1) is 11.4 Å². The number of carbonyl (C=O) groups excluding carboxylic acids is 1. The smallest absolute Gasteiger partial charge is 0.475 e. The van der Waals surface area contributed by atoms with Gasteiger partial charge in [-0.15, -0.1) is 0 Å². The molecule has 1 amide bonds. The van der Waals surface area contributed by atoms with Crippen LogP contribution in [0.4, 0.5) is 13.2 Å². The van der Waals surface area contributed by atoms with Crippen LogP contribution in [0.2, 0.25) is 0 Å². The Labute approximate surface area is 204 Å². The summed E-state index contributed by atoms with van der Waals surface area (Å²) in [5.74, 6) is -2.50. The fourth-order valence-electron chi connectivity index (χ4n) is 4.09. The van der Waals surface area contributed by atoms with Crippen LogP contribution in [0.15, 0.2) is 29.2 Å². The normalized spacial score (nSPS) is 17.7. The summed E-state index contributed by atoms with van der Waals surface area (Å²) in [4.78, 5) is 23.8. The molecular weight excluding hydrogens is 487 g/mol. The van der Waals surface area contributed by atoms with Gasteiger partial charge in [-0.25, -0.2) is 13.2 Å². The van der Waals surface area contributed by atoms with Crippen molar-refractivity contribution in [1.29, 1.82) is 0 Å². The number of carboxylic acid groups (broad SMARTS) is 1. The molecule has 35 heavy (non-hydrogen) atoms. The van der Waals surface area contributed by atoms with Gasteiger partial charge in [0.15, 0.2) is 0 Å². The van der Waals surface area contributed by atoms with E-state index in [9.17, 15) is 26.4 Å². The van der Waals surface area contributed by atoms with E-state index < -0.39 is 22.2 Å². The zero-order valence-electron chi connectivity index (χ0n) is 20.1. The number of aliphatic carboxylic acids is 1. The van der Waals surface area contributed by atoms with Gasteiger partial charge in [-0.2, -0.15) is 17.5 Å². The highest BCUT2D eigenvalue weighted by atomic mass is 32.2. The lowest BCUT2D eigenvalue weighted by Gasteiger charge is -2.35. The van der Waals surface area contributed by atoms with Crippen molar-refractivity contribution in [3.63, 3.8) is 0 Å². The molecule has 2 N–H and O–H groups in total. The molecule has 1 saturated carbocycles. The van der Waals surface area contributed by atoms with Crippen LogP contribution >= 0.6 is 0 Å². The lowest BCUT2D eigenvalue weighted by atomic mass is 9.95. The zero-order valence-corrected chi connectivity index (χ0v) is 20.9. The summed E-state index contributed by atoms with van der Waals surface area (Å²) in [6.07, 6.45) is -0.245. The molecule has 0 bridgehead atoms. The summed E-state index contributed by atoms with van der Waals surface area (Å²) in [5, 5.41) is 10.4. The molecule has 1 aliphatic heterocycles. The maximum atomic E-state index is 13.5. The van der Waals surface area contributed by atoms with Crippen molar-refractivity contribution in [3.8, 4) is 0 Å². The van der Waals surface area contributed by atoms with E-state index in [1.54, 1.807) is 17.0 Å². The second-order valence-corrected chi connectivity index (χ2v) is 10.9. The summed E-state index contributed by atoms with van der Waals surface area (Å²) in [6.45, 7) is 6.92. The van der Waals surface area contributed by atoms with Crippen molar-refractivity contribution in [2.24, 2.45) is 0 Å². The number of hydrogen-bond acceptors (Lipinski definition) is 5. The lowest BCUT2D eigenvalue weighted by Crippen LogP contribution is -2.52. The second kappa shape index (κ2) is 12.7. The quantitative estimate of drug-likeness (QED) is 0.596. The van der Waals surface area contributed by atoms with E-state index in [-0.39, 0.29) is 23.4 Å². The molecule has 1 aromatic rings. The Bertz CT molecular complexity index is 940. The van der Waals surface area contributed by atoms with E-state index in [4.69, 9.17) is 9.90 Å². The number of amides is 1. The SMILES string of the molecule is CC(C)c1ccc(S(=O)(=O)N(CC(=O)N2CCNCC2)C2CCCCC2)cc1.O=C(O)C(F)(F)F. The van der Waals surface area contributed by atoms with Crippen LogP contribution in [-0.4, -0.2) is 79.5 Å². The minimum Gasteiger partial charge on any atom is -0.475 e. The number of sulfonamides is 1. The molecule has 8 nitrogen and oxygen atoms in total. The van der Waals surface area contributed by atoms with Gasteiger partial charge in [-0.1, -0.05) is 45.2 Å². The average molecular weight is 522 g/mol. The van der Waals surface area contributed by atoms with E-state index in [0.29, 0.717) is 19.0 Å². The fraction of sp³-hybridized carbons (Fsp3) is 0.652. The highest BCUT2D eigenvalue weighted by molar-refractivity contribution is 7.89. The van der Waals surface area contributed by atoms with Gasteiger partial charge in [0, 0.05) is 32.2 Å². The van der Waals surface area contributed by atoms with Crippen LogP contribution in [-0.2, 0) is 19.6 Å². The summed E-state index contributed by atoms with van der Waals surface area (Å²) in [5.41, 5.74) is 1.11. The van der Waals surface area contributed by atoms with Gasteiger partial charge < -0.3 is 15.3 Å². The minimum atomic E-state index is -5.08. The molecule has 1 aromatic carbocycles. The molecule has 0 unspecified atom stereocenters. The third kappa shape index (κ3) is 8.46. The Hall–Kier alpha value is -2.18. The Morgan fingerprint density at radius 2 is 1.60 bits per heavy atom. The van der Waals surface area contributed by atoms with E-state index >= 15 is 0 Å². The maximum Gasteiger partial charge on any atom is 0.490 e. The molecule has 2 fully saturated rings. The van der Waals surface area contributed by atoms with Crippen LogP contribution in [0, 0.1) is 0 Å². The third-order valence-electron chi connectivity index (χ3n) is 6.14. The Morgan fingerprint density at radius 3 is 2.06 bits per heavy atom. The van der Waals surface area contributed by atoms with E-state index in [1.807, 2.05) is 12.1 Å². The number of piperazine rings is 1. The van der Waals surface area contributed by atoms with Crippen molar-refractivity contribution in [2.45, 2.75) is 69.0 Å². The molecule has 0 spiro atoms. The number of benzene rings is 1. The number of halogens is 3. The Kier molecular flexibility index (Phi) is 10.5. The van der Waals surface area contributed by atoms with Crippen LogP contribution in [0.1, 0.15) is 57.4 Å². The van der Waals surface area contributed by atoms with Crippen molar-refractivity contribution in [2.75, 3.05) is 32.7 Å². The number of carbonyl (C=O) groups is 2. The fourth-order valence-corrected chi connectivity index (χ4v) is 5.72.